The van der Waals surface area contributed by atoms with Crippen LogP contribution in [0.1, 0.15) is 24.3 Å². The lowest BCUT2D eigenvalue weighted by Gasteiger charge is -2.25. The minimum atomic E-state index is -1.21. The second-order valence-corrected chi connectivity index (χ2v) is 9.16. The average molecular weight is 562 g/mol. The molecule has 2 N–H and O–H groups in total. The Labute approximate surface area is 207 Å². The minimum absolute atomic E-state index is 0.0103. The van der Waals surface area contributed by atoms with Gasteiger partial charge in [-0.25, -0.2) is 14.5 Å². The number of nitrogens with one attached hydrogen (secondary N) is 1. The molecule has 0 spiro atoms. The van der Waals surface area contributed by atoms with E-state index in [1.807, 2.05) is 13.8 Å². The molecule has 0 fully saturated rings. The second kappa shape index (κ2) is 10.1. The van der Waals surface area contributed by atoms with Crippen LogP contribution in [0, 0.1) is 5.92 Å². The van der Waals surface area contributed by atoms with E-state index in [1.165, 1.54) is 29.1 Å². The van der Waals surface area contributed by atoms with Gasteiger partial charge in [0.2, 0.25) is 0 Å². The summed E-state index contributed by atoms with van der Waals surface area (Å²) in [5.74, 6) is -0.346. The number of amides is 2. The number of halogens is 4. The highest BCUT2D eigenvalue weighted by molar-refractivity contribution is 9.10. The molecule has 168 valence electrons. The van der Waals surface area contributed by atoms with Crippen molar-refractivity contribution < 1.29 is 14.7 Å². The van der Waals surface area contributed by atoms with E-state index in [9.17, 15) is 14.7 Å². The van der Waals surface area contributed by atoms with Crippen LogP contribution in [0.4, 0.5) is 16.2 Å². The summed E-state index contributed by atoms with van der Waals surface area (Å²) in [4.78, 5) is 30.4. The molecule has 8 nitrogen and oxygen atoms in total. The topological polar surface area (TPSA) is 100 Å². The van der Waals surface area contributed by atoms with E-state index in [2.05, 4.69) is 31.3 Å². The van der Waals surface area contributed by atoms with E-state index in [0.717, 1.165) is 4.90 Å². The van der Waals surface area contributed by atoms with Crippen molar-refractivity contribution in [2.75, 3.05) is 16.8 Å². The predicted octanol–water partition coefficient (Wildman–Crippen LogP) is 6.38. The zero-order valence-corrected chi connectivity index (χ0v) is 20.7. The van der Waals surface area contributed by atoms with Crippen LogP contribution in [0.3, 0.4) is 0 Å². The summed E-state index contributed by atoms with van der Waals surface area (Å²) in [7, 11) is 0. The number of hydrogen-bond donors (Lipinski definition) is 2. The summed E-state index contributed by atoms with van der Waals surface area (Å²) >= 11 is 22.0. The molecule has 0 bridgehead atoms. The Kier molecular flexibility index (Phi) is 7.66. The molecular weight excluding hydrogens is 545 g/mol. The van der Waals surface area contributed by atoms with E-state index >= 15 is 0 Å². The molecule has 0 aliphatic rings. The van der Waals surface area contributed by atoms with Crippen molar-refractivity contribution in [3.63, 3.8) is 0 Å². The van der Waals surface area contributed by atoms with E-state index in [1.54, 1.807) is 12.1 Å². The van der Waals surface area contributed by atoms with Crippen LogP contribution in [0.2, 0.25) is 15.1 Å². The van der Waals surface area contributed by atoms with Gasteiger partial charge in [-0.2, -0.15) is 5.10 Å². The maximum atomic E-state index is 13.2. The van der Waals surface area contributed by atoms with Gasteiger partial charge >= 0.3 is 6.09 Å². The summed E-state index contributed by atoms with van der Waals surface area (Å²) in [5.41, 5.74) is 0.346. The molecule has 3 rings (SSSR count). The number of aromatic nitrogens is 3. The Morgan fingerprint density at radius 2 is 1.94 bits per heavy atom. The molecular formula is C20H17BrCl3N5O3. The zero-order valence-electron chi connectivity index (χ0n) is 16.8. The third-order valence-electron chi connectivity index (χ3n) is 4.19. The summed E-state index contributed by atoms with van der Waals surface area (Å²) < 4.78 is 1.65. The Balaban J connectivity index is 2.06. The Hall–Kier alpha value is -2.33. The van der Waals surface area contributed by atoms with Gasteiger partial charge in [-0.05, 0) is 46.1 Å². The fourth-order valence-corrected chi connectivity index (χ4v) is 4.03. The van der Waals surface area contributed by atoms with Crippen LogP contribution >= 0.6 is 50.7 Å². The number of benzene rings is 1. The first-order chi connectivity index (χ1) is 15.1. The molecule has 0 atom stereocenters. The van der Waals surface area contributed by atoms with Crippen molar-refractivity contribution in [3.8, 4) is 5.82 Å². The summed E-state index contributed by atoms with van der Waals surface area (Å²) in [5, 5.41) is 17.3. The normalized spacial score (nSPS) is 11.0. The average Bonchev–Trinajstić information content (AvgIpc) is 3.09. The van der Waals surface area contributed by atoms with E-state index < -0.39 is 12.0 Å². The van der Waals surface area contributed by atoms with Crippen LogP contribution in [-0.2, 0) is 0 Å². The number of rotatable bonds is 6. The summed E-state index contributed by atoms with van der Waals surface area (Å²) in [6.07, 6.45) is 0.309. The number of carbonyl (C=O) groups is 2. The Morgan fingerprint density at radius 1 is 1.22 bits per heavy atom. The quantitative estimate of drug-likeness (QED) is 0.364. The number of pyridine rings is 1. The van der Waals surface area contributed by atoms with Gasteiger partial charge in [-0.3, -0.25) is 9.69 Å². The first-order valence-corrected chi connectivity index (χ1v) is 11.2. The third kappa shape index (κ3) is 5.35. The van der Waals surface area contributed by atoms with E-state index in [0.29, 0.717) is 4.60 Å². The molecule has 0 saturated carbocycles. The third-order valence-corrected chi connectivity index (χ3v) is 5.39. The molecule has 2 aromatic heterocycles. The number of nitrogens with zero attached hydrogens (tertiary/aromatic N) is 4. The molecule has 0 aliphatic heterocycles. The van der Waals surface area contributed by atoms with Crippen LogP contribution < -0.4 is 10.2 Å². The van der Waals surface area contributed by atoms with Gasteiger partial charge in [0.1, 0.15) is 10.3 Å². The standard InChI is InChI=1S/C20H17BrCl3N5O3/c1-10(2)9-28(20(31)32)14-7-11(22)6-13(24)17(14)26-19(30)15-8-16(21)27-29(15)18-12(23)4-3-5-25-18/h3-8,10H,9H2,1-2H3,(H,26,30)(H,31,32). The van der Waals surface area contributed by atoms with Crippen molar-refractivity contribution in [2.45, 2.75) is 13.8 Å². The van der Waals surface area contributed by atoms with Crippen molar-refractivity contribution in [1.29, 1.82) is 0 Å². The molecule has 0 aliphatic carbocycles. The zero-order chi connectivity index (χ0) is 23.6. The van der Waals surface area contributed by atoms with Gasteiger partial charge in [0.25, 0.3) is 5.91 Å². The maximum absolute atomic E-state index is 13.2. The van der Waals surface area contributed by atoms with Crippen LogP contribution in [0.5, 0.6) is 0 Å². The minimum Gasteiger partial charge on any atom is -0.465 e. The van der Waals surface area contributed by atoms with Gasteiger partial charge in [0.15, 0.2) is 5.82 Å². The predicted molar refractivity (Wildman–Crippen MR) is 129 cm³/mol. The molecule has 1 aromatic carbocycles. The fraction of sp³-hybridized carbons (Fsp3) is 0.200. The number of carboxylic acid groups (broad SMARTS) is 1. The molecule has 3 aromatic rings. The Bertz CT molecular complexity index is 1190. The first-order valence-electron chi connectivity index (χ1n) is 9.25. The smallest absolute Gasteiger partial charge is 0.411 e. The lowest BCUT2D eigenvalue weighted by molar-refractivity contribution is 0.101. The first kappa shape index (κ1) is 24.3. The van der Waals surface area contributed by atoms with Crippen molar-refractivity contribution >= 4 is 74.1 Å². The molecule has 0 unspecified atom stereocenters. The van der Waals surface area contributed by atoms with E-state index in [-0.39, 0.29) is 50.4 Å². The molecule has 0 radical (unpaired) electrons. The summed E-state index contributed by atoms with van der Waals surface area (Å²) in [6, 6.07) is 7.60. The maximum Gasteiger partial charge on any atom is 0.411 e. The molecule has 12 heteroatoms. The van der Waals surface area contributed by atoms with Gasteiger partial charge in [-0.15, -0.1) is 0 Å². The lowest BCUT2D eigenvalue weighted by Crippen LogP contribution is -2.34. The number of anilines is 2. The SMILES string of the molecule is CC(C)CN(C(=O)O)c1cc(Cl)cc(Cl)c1NC(=O)c1cc(Br)nn1-c1ncccc1Cl. The van der Waals surface area contributed by atoms with Gasteiger partial charge < -0.3 is 10.4 Å². The molecule has 2 heterocycles. The molecule has 0 saturated heterocycles. The highest BCUT2D eigenvalue weighted by Gasteiger charge is 2.25. The van der Waals surface area contributed by atoms with Crippen molar-refractivity contribution in [3.05, 3.63) is 61.9 Å². The Morgan fingerprint density at radius 3 is 2.56 bits per heavy atom. The monoisotopic (exact) mass is 559 g/mol. The summed E-state index contributed by atoms with van der Waals surface area (Å²) in [6.45, 7) is 3.90. The number of carbonyl (C=O) groups excluding carboxylic acids is 1. The number of hydrogen-bond acceptors (Lipinski definition) is 4. The highest BCUT2D eigenvalue weighted by Crippen LogP contribution is 2.37. The van der Waals surface area contributed by atoms with Crippen LogP contribution in [0.15, 0.2) is 41.1 Å². The van der Waals surface area contributed by atoms with Crippen LogP contribution in [-0.4, -0.2) is 38.4 Å². The van der Waals surface area contributed by atoms with Gasteiger partial charge in [0, 0.05) is 23.8 Å². The largest absolute Gasteiger partial charge is 0.465 e. The fourth-order valence-electron chi connectivity index (χ4n) is 2.93. The van der Waals surface area contributed by atoms with Crippen LogP contribution in [0.25, 0.3) is 5.82 Å². The second-order valence-electron chi connectivity index (χ2n) is 7.10. The van der Waals surface area contributed by atoms with E-state index in [4.69, 9.17) is 34.8 Å². The van der Waals surface area contributed by atoms with Gasteiger partial charge in [-0.1, -0.05) is 48.7 Å². The lowest BCUT2D eigenvalue weighted by atomic mass is 10.1. The van der Waals surface area contributed by atoms with Crippen molar-refractivity contribution in [1.82, 2.24) is 14.8 Å². The highest BCUT2D eigenvalue weighted by atomic mass is 79.9. The molecule has 2 amide bonds. The molecule has 32 heavy (non-hydrogen) atoms. The van der Waals surface area contributed by atoms with Gasteiger partial charge in [0.05, 0.1) is 21.4 Å². The van der Waals surface area contributed by atoms with Crippen molar-refractivity contribution in [2.24, 2.45) is 5.92 Å².